The van der Waals surface area contributed by atoms with E-state index >= 15 is 0 Å². The molecular weight excluding hydrogens is 392 g/mol. The van der Waals surface area contributed by atoms with E-state index < -0.39 is 5.97 Å². The highest BCUT2D eigenvalue weighted by molar-refractivity contribution is 7.13. The Morgan fingerprint density at radius 1 is 1.00 bits per heavy atom. The monoisotopic (exact) mass is 412 g/mol. The minimum absolute atomic E-state index is 0.280. The standard InChI is InChI=1S/C21H20N2O5S/c1-12-5-6-14(21(25)28-4)9-15(12)22-19(24)16-11-29-20(23-16)13-7-8-17(26-2)18(10-13)27-3/h5-11H,1-4H3,(H,22,24). The van der Waals surface area contributed by atoms with Crippen molar-refractivity contribution >= 4 is 28.9 Å². The van der Waals surface area contributed by atoms with E-state index in [1.807, 2.05) is 19.1 Å². The van der Waals surface area contributed by atoms with Crippen molar-refractivity contribution in [3.05, 3.63) is 58.6 Å². The minimum atomic E-state index is -0.468. The normalized spacial score (nSPS) is 10.3. The fourth-order valence-electron chi connectivity index (χ4n) is 2.67. The van der Waals surface area contributed by atoms with E-state index in [2.05, 4.69) is 10.3 Å². The first-order valence-electron chi connectivity index (χ1n) is 8.65. The molecule has 0 fully saturated rings. The summed E-state index contributed by atoms with van der Waals surface area (Å²) in [7, 11) is 4.44. The van der Waals surface area contributed by atoms with E-state index in [1.165, 1.54) is 18.4 Å². The van der Waals surface area contributed by atoms with E-state index in [-0.39, 0.29) is 11.6 Å². The molecule has 0 aliphatic rings. The third-order valence-electron chi connectivity index (χ3n) is 4.27. The van der Waals surface area contributed by atoms with E-state index in [9.17, 15) is 9.59 Å². The SMILES string of the molecule is COC(=O)c1ccc(C)c(NC(=O)c2csc(-c3ccc(OC)c(OC)c3)n2)c1. The second kappa shape index (κ2) is 8.74. The number of aryl methyl sites for hydroxylation is 1. The number of carbonyl (C=O) groups is 2. The van der Waals surface area contributed by atoms with E-state index in [0.717, 1.165) is 11.1 Å². The second-order valence-corrected chi connectivity index (χ2v) is 6.94. The Kier molecular flexibility index (Phi) is 6.13. The predicted octanol–water partition coefficient (Wildman–Crippen LogP) is 4.17. The number of amides is 1. The van der Waals surface area contributed by atoms with Crippen LogP contribution in [-0.2, 0) is 4.74 Å². The largest absolute Gasteiger partial charge is 0.493 e. The number of carbonyl (C=O) groups excluding carboxylic acids is 2. The van der Waals surface area contributed by atoms with Crippen LogP contribution >= 0.6 is 11.3 Å². The van der Waals surface area contributed by atoms with Crippen LogP contribution in [0.2, 0.25) is 0 Å². The van der Waals surface area contributed by atoms with Crippen molar-refractivity contribution < 1.29 is 23.8 Å². The molecule has 8 heteroatoms. The maximum atomic E-state index is 12.7. The lowest BCUT2D eigenvalue weighted by Gasteiger charge is -2.09. The van der Waals surface area contributed by atoms with Gasteiger partial charge in [-0.1, -0.05) is 6.07 Å². The third-order valence-corrected chi connectivity index (χ3v) is 5.17. The molecular formula is C21H20N2O5S. The van der Waals surface area contributed by atoms with Gasteiger partial charge >= 0.3 is 5.97 Å². The van der Waals surface area contributed by atoms with Gasteiger partial charge in [0.25, 0.3) is 5.91 Å². The Hall–Kier alpha value is -3.39. The van der Waals surface area contributed by atoms with Crippen molar-refractivity contribution in [2.45, 2.75) is 6.92 Å². The number of anilines is 1. The van der Waals surface area contributed by atoms with Gasteiger partial charge in [0.2, 0.25) is 0 Å². The number of nitrogens with one attached hydrogen (secondary N) is 1. The van der Waals surface area contributed by atoms with Gasteiger partial charge in [0.15, 0.2) is 11.5 Å². The molecule has 29 heavy (non-hydrogen) atoms. The molecule has 0 radical (unpaired) electrons. The molecule has 0 atom stereocenters. The molecule has 1 aromatic heterocycles. The van der Waals surface area contributed by atoms with E-state index in [0.29, 0.717) is 27.8 Å². The summed E-state index contributed by atoms with van der Waals surface area (Å²) >= 11 is 1.35. The van der Waals surface area contributed by atoms with Crippen LogP contribution in [0, 0.1) is 6.92 Å². The average Bonchev–Trinajstić information content (AvgIpc) is 3.24. The molecule has 1 amide bonds. The minimum Gasteiger partial charge on any atom is -0.493 e. The number of methoxy groups -OCH3 is 3. The highest BCUT2D eigenvalue weighted by atomic mass is 32.1. The third kappa shape index (κ3) is 4.38. The predicted molar refractivity (Wildman–Crippen MR) is 111 cm³/mol. The lowest BCUT2D eigenvalue weighted by Crippen LogP contribution is -2.14. The molecule has 2 aromatic carbocycles. The molecule has 3 rings (SSSR count). The summed E-state index contributed by atoms with van der Waals surface area (Å²) < 4.78 is 15.3. The van der Waals surface area contributed by atoms with Crippen LogP contribution in [0.15, 0.2) is 41.8 Å². The van der Waals surface area contributed by atoms with Gasteiger partial charge in [-0.05, 0) is 42.8 Å². The molecule has 0 aliphatic carbocycles. The first kappa shape index (κ1) is 20.3. The zero-order valence-corrected chi connectivity index (χ0v) is 17.3. The lowest BCUT2D eigenvalue weighted by atomic mass is 10.1. The fourth-order valence-corrected chi connectivity index (χ4v) is 3.46. The first-order chi connectivity index (χ1) is 14.0. The van der Waals surface area contributed by atoms with Gasteiger partial charge in [0.1, 0.15) is 10.7 Å². The van der Waals surface area contributed by atoms with E-state index in [4.69, 9.17) is 14.2 Å². The quantitative estimate of drug-likeness (QED) is 0.612. The van der Waals surface area contributed by atoms with Crippen LogP contribution in [0.5, 0.6) is 11.5 Å². The molecule has 0 saturated heterocycles. The average molecular weight is 412 g/mol. The van der Waals surface area contributed by atoms with Crippen molar-refractivity contribution in [1.82, 2.24) is 4.98 Å². The highest BCUT2D eigenvalue weighted by Crippen LogP contribution is 2.33. The molecule has 150 valence electrons. The number of rotatable bonds is 6. The molecule has 0 spiro atoms. The van der Waals surface area contributed by atoms with Gasteiger partial charge in [-0.15, -0.1) is 11.3 Å². The van der Waals surface area contributed by atoms with Crippen LogP contribution < -0.4 is 14.8 Å². The van der Waals surface area contributed by atoms with Crippen molar-refractivity contribution in [2.75, 3.05) is 26.6 Å². The fraction of sp³-hybridized carbons (Fsp3) is 0.190. The molecule has 0 unspecified atom stereocenters. The van der Waals surface area contributed by atoms with Gasteiger partial charge < -0.3 is 19.5 Å². The number of ether oxygens (including phenoxy) is 3. The maximum absolute atomic E-state index is 12.7. The van der Waals surface area contributed by atoms with Gasteiger partial charge in [-0.3, -0.25) is 4.79 Å². The zero-order valence-electron chi connectivity index (χ0n) is 16.4. The van der Waals surface area contributed by atoms with Gasteiger partial charge in [0.05, 0.1) is 26.9 Å². The van der Waals surface area contributed by atoms with E-state index in [1.54, 1.807) is 43.9 Å². The summed E-state index contributed by atoms with van der Waals surface area (Å²) in [5.41, 5.74) is 2.80. The van der Waals surface area contributed by atoms with Crippen molar-refractivity contribution in [2.24, 2.45) is 0 Å². The van der Waals surface area contributed by atoms with Crippen LogP contribution in [0.3, 0.4) is 0 Å². The van der Waals surface area contributed by atoms with Crippen LogP contribution in [0.4, 0.5) is 5.69 Å². The molecule has 0 bridgehead atoms. The molecule has 1 heterocycles. The lowest BCUT2D eigenvalue weighted by molar-refractivity contribution is 0.0600. The first-order valence-corrected chi connectivity index (χ1v) is 9.53. The Labute approximate surface area is 172 Å². The van der Waals surface area contributed by atoms with Gasteiger partial charge in [-0.2, -0.15) is 0 Å². The van der Waals surface area contributed by atoms with Crippen LogP contribution in [0.1, 0.15) is 26.4 Å². The van der Waals surface area contributed by atoms with Crippen LogP contribution in [-0.4, -0.2) is 38.2 Å². The number of aromatic nitrogens is 1. The summed E-state index contributed by atoms with van der Waals surface area (Å²) in [6.45, 7) is 1.84. The molecule has 1 N–H and O–H groups in total. The Morgan fingerprint density at radius 3 is 2.45 bits per heavy atom. The van der Waals surface area contributed by atoms with Crippen LogP contribution in [0.25, 0.3) is 10.6 Å². The Morgan fingerprint density at radius 2 is 1.76 bits per heavy atom. The summed E-state index contributed by atoms with van der Waals surface area (Å²) in [5, 5.41) is 5.16. The van der Waals surface area contributed by atoms with Crippen molar-refractivity contribution in [3.63, 3.8) is 0 Å². The summed E-state index contributed by atoms with van der Waals surface area (Å²) in [4.78, 5) is 28.8. The summed E-state index contributed by atoms with van der Waals surface area (Å²) in [5.74, 6) is 0.371. The smallest absolute Gasteiger partial charge is 0.337 e. The topological polar surface area (TPSA) is 86.8 Å². The number of thiazole rings is 1. The number of nitrogens with zero attached hydrogens (tertiary/aromatic N) is 1. The number of esters is 1. The van der Waals surface area contributed by atoms with Crippen molar-refractivity contribution in [3.8, 4) is 22.1 Å². The Balaban J connectivity index is 1.82. The number of benzene rings is 2. The molecule has 0 aliphatic heterocycles. The molecule has 3 aromatic rings. The van der Waals surface area contributed by atoms with Gasteiger partial charge in [0, 0.05) is 16.6 Å². The van der Waals surface area contributed by atoms with Gasteiger partial charge in [-0.25, -0.2) is 9.78 Å². The number of hydrogen-bond acceptors (Lipinski definition) is 7. The zero-order chi connectivity index (χ0) is 21.0. The second-order valence-electron chi connectivity index (χ2n) is 6.08. The summed E-state index contributed by atoms with van der Waals surface area (Å²) in [6.07, 6.45) is 0. The van der Waals surface area contributed by atoms with Crippen molar-refractivity contribution in [1.29, 1.82) is 0 Å². The number of hydrogen-bond donors (Lipinski definition) is 1. The highest BCUT2D eigenvalue weighted by Gasteiger charge is 2.16. The molecule has 0 saturated carbocycles. The summed E-state index contributed by atoms with van der Waals surface area (Å²) in [6, 6.07) is 10.4. The Bertz CT molecular complexity index is 1060. The molecule has 7 nitrogen and oxygen atoms in total. The maximum Gasteiger partial charge on any atom is 0.337 e.